The van der Waals surface area contributed by atoms with Gasteiger partial charge in [-0.2, -0.15) is 0 Å². The van der Waals surface area contributed by atoms with E-state index >= 15 is 0 Å². The number of para-hydroxylation sites is 2. The molecule has 0 amide bonds. The highest BCUT2D eigenvalue weighted by molar-refractivity contribution is 7.87. The molecule has 1 aliphatic rings. The maximum absolute atomic E-state index is 6.47. The SMILES string of the molecule is c1ccc([P+]2(c3ccccc3)Nc3ccccc3O2)cc1. The Labute approximate surface area is 124 Å². The summed E-state index contributed by atoms with van der Waals surface area (Å²) in [5.74, 6) is 0.929. The van der Waals surface area contributed by atoms with Gasteiger partial charge in [-0.3, -0.25) is 0 Å². The molecule has 21 heavy (non-hydrogen) atoms. The van der Waals surface area contributed by atoms with Gasteiger partial charge in [0, 0.05) is 0 Å². The lowest BCUT2D eigenvalue weighted by Crippen LogP contribution is -2.28. The first kappa shape index (κ1) is 12.4. The Bertz CT molecular complexity index is 692. The fraction of sp³-hybridized carbons (Fsp3) is 0. The van der Waals surface area contributed by atoms with Crippen molar-refractivity contribution in [2.75, 3.05) is 5.09 Å². The molecule has 0 aliphatic carbocycles. The standard InChI is InChI=1S/C18H15NOP/c1-3-9-15(10-4-1)21(16-11-5-2-6-12-16)19-17-13-7-8-14-18(17)20-21/h1-14,19H/q+1. The minimum atomic E-state index is -2.08. The van der Waals surface area contributed by atoms with Crippen LogP contribution in [-0.4, -0.2) is 0 Å². The van der Waals surface area contributed by atoms with Gasteiger partial charge in [0.15, 0.2) is 10.6 Å². The summed E-state index contributed by atoms with van der Waals surface area (Å²) in [6.07, 6.45) is 0. The van der Waals surface area contributed by atoms with Crippen LogP contribution in [0.4, 0.5) is 5.69 Å². The molecule has 0 fully saturated rings. The Balaban J connectivity index is 1.90. The van der Waals surface area contributed by atoms with Gasteiger partial charge in [-0.25, -0.2) is 5.09 Å². The van der Waals surface area contributed by atoms with Crippen molar-refractivity contribution in [2.45, 2.75) is 0 Å². The molecule has 0 saturated carbocycles. The van der Waals surface area contributed by atoms with Gasteiger partial charge < -0.3 is 4.52 Å². The molecule has 0 spiro atoms. The smallest absolute Gasteiger partial charge is 0.313 e. The van der Waals surface area contributed by atoms with Gasteiger partial charge in [0.05, 0.1) is 0 Å². The van der Waals surface area contributed by atoms with Crippen molar-refractivity contribution in [1.82, 2.24) is 0 Å². The predicted molar refractivity (Wildman–Crippen MR) is 89.8 cm³/mol. The number of benzene rings is 3. The summed E-state index contributed by atoms with van der Waals surface area (Å²) < 4.78 is 6.47. The lowest BCUT2D eigenvalue weighted by molar-refractivity contribution is 0.634. The molecular weight excluding hydrogens is 277 g/mol. The summed E-state index contributed by atoms with van der Waals surface area (Å²) in [7, 11) is -2.08. The summed E-state index contributed by atoms with van der Waals surface area (Å²) in [6.45, 7) is 0. The molecule has 0 aromatic heterocycles. The number of fused-ring (bicyclic) bond motifs is 1. The molecule has 1 heterocycles. The average molecular weight is 292 g/mol. The van der Waals surface area contributed by atoms with E-state index in [1.807, 2.05) is 30.3 Å². The van der Waals surface area contributed by atoms with Crippen molar-refractivity contribution >= 4 is 23.9 Å². The second-order valence-electron chi connectivity index (χ2n) is 4.98. The number of nitrogens with one attached hydrogen (secondary N) is 1. The van der Waals surface area contributed by atoms with Crippen molar-refractivity contribution in [3.05, 3.63) is 84.9 Å². The number of hydrogen-bond acceptors (Lipinski definition) is 2. The lowest BCUT2D eigenvalue weighted by Gasteiger charge is -2.19. The predicted octanol–water partition coefficient (Wildman–Crippen LogP) is 3.99. The van der Waals surface area contributed by atoms with E-state index in [1.165, 1.54) is 10.6 Å². The minimum Gasteiger partial charge on any atom is -0.313 e. The lowest BCUT2D eigenvalue weighted by atomic mass is 10.3. The van der Waals surface area contributed by atoms with Gasteiger partial charge in [0.2, 0.25) is 5.75 Å². The van der Waals surface area contributed by atoms with Gasteiger partial charge >= 0.3 is 7.64 Å². The molecule has 1 aliphatic heterocycles. The molecule has 0 saturated heterocycles. The Morgan fingerprint density at radius 3 is 1.71 bits per heavy atom. The first-order valence-corrected chi connectivity index (χ1v) is 8.66. The van der Waals surface area contributed by atoms with Crippen molar-refractivity contribution in [3.8, 4) is 5.75 Å². The highest BCUT2D eigenvalue weighted by atomic mass is 31.2. The molecule has 0 bridgehead atoms. The maximum Gasteiger partial charge on any atom is 0.347 e. The molecular formula is C18H15NOP+. The van der Waals surface area contributed by atoms with Crippen LogP contribution in [0.15, 0.2) is 84.9 Å². The van der Waals surface area contributed by atoms with Crippen molar-refractivity contribution in [3.63, 3.8) is 0 Å². The Morgan fingerprint density at radius 2 is 1.14 bits per heavy atom. The largest absolute Gasteiger partial charge is 0.347 e. The number of rotatable bonds is 2. The second kappa shape index (κ2) is 4.91. The molecule has 0 unspecified atom stereocenters. The highest BCUT2D eigenvalue weighted by Crippen LogP contribution is 2.63. The van der Waals surface area contributed by atoms with E-state index in [0.717, 1.165) is 11.4 Å². The molecule has 102 valence electrons. The second-order valence-corrected chi connectivity index (χ2v) is 7.64. The molecule has 3 aromatic rings. The Kier molecular flexibility index (Phi) is 2.90. The fourth-order valence-electron chi connectivity index (χ4n) is 2.64. The van der Waals surface area contributed by atoms with Crippen molar-refractivity contribution in [1.29, 1.82) is 0 Å². The van der Waals surface area contributed by atoms with Crippen LogP contribution >= 0.6 is 7.64 Å². The molecule has 2 nitrogen and oxygen atoms in total. The monoisotopic (exact) mass is 292 g/mol. The Morgan fingerprint density at radius 1 is 0.619 bits per heavy atom. The highest BCUT2D eigenvalue weighted by Gasteiger charge is 2.52. The zero-order valence-corrected chi connectivity index (χ0v) is 12.3. The maximum atomic E-state index is 6.47. The topological polar surface area (TPSA) is 21.3 Å². The zero-order chi connectivity index (χ0) is 14.1. The molecule has 3 heteroatoms. The molecule has 0 atom stereocenters. The van der Waals surface area contributed by atoms with E-state index in [4.69, 9.17) is 4.52 Å². The van der Waals surface area contributed by atoms with Crippen LogP contribution in [0.25, 0.3) is 0 Å². The number of hydrogen-bond donors (Lipinski definition) is 1. The van der Waals surface area contributed by atoms with Gasteiger partial charge in [-0.15, -0.1) is 0 Å². The van der Waals surface area contributed by atoms with Crippen LogP contribution < -0.4 is 20.2 Å². The van der Waals surface area contributed by atoms with Gasteiger partial charge in [-0.05, 0) is 36.4 Å². The molecule has 0 radical (unpaired) electrons. The van der Waals surface area contributed by atoms with E-state index in [2.05, 4.69) is 59.7 Å². The fourth-order valence-corrected chi connectivity index (χ4v) is 5.61. The molecule has 4 rings (SSSR count). The summed E-state index contributed by atoms with van der Waals surface area (Å²) in [4.78, 5) is 0. The van der Waals surface area contributed by atoms with E-state index in [-0.39, 0.29) is 0 Å². The summed E-state index contributed by atoms with van der Waals surface area (Å²) >= 11 is 0. The van der Waals surface area contributed by atoms with Crippen molar-refractivity contribution < 1.29 is 4.52 Å². The van der Waals surface area contributed by atoms with E-state index in [1.54, 1.807) is 0 Å². The van der Waals surface area contributed by atoms with Crippen LogP contribution in [0.2, 0.25) is 0 Å². The third-order valence-electron chi connectivity index (χ3n) is 3.64. The summed E-state index contributed by atoms with van der Waals surface area (Å²) in [6, 6.07) is 29.0. The average Bonchev–Trinajstić information content (AvgIpc) is 2.97. The van der Waals surface area contributed by atoms with Crippen molar-refractivity contribution in [2.24, 2.45) is 0 Å². The third kappa shape index (κ3) is 2.00. The first-order chi connectivity index (χ1) is 10.4. The molecule has 1 N–H and O–H groups in total. The van der Waals surface area contributed by atoms with Gasteiger partial charge in [-0.1, -0.05) is 48.5 Å². The molecule has 3 aromatic carbocycles. The normalized spacial score (nSPS) is 14.9. The zero-order valence-electron chi connectivity index (χ0n) is 11.4. The van der Waals surface area contributed by atoms with E-state index in [0.29, 0.717) is 0 Å². The third-order valence-corrected chi connectivity index (χ3v) is 6.72. The minimum absolute atomic E-state index is 0.929. The van der Waals surface area contributed by atoms with Crippen LogP contribution in [0.5, 0.6) is 5.75 Å². The van der Waals surface area contributed by atoms with E-state index < -0.39 is 7.64 Å². The van der Waals surface area contributed by atoms with E-state index in [9.17, 15) is 0 Å². The van der Waals surface area contributed by atoms with Crippen LogP contribution in [0, 0.1) is 0 Å². The quantitative estimate of drug-likeness (QED) is 0.721. The first-order valence-electron chi connectivity index (χ1n) is 6.96. The Hall–Kier alpha value is -2.31. The van der Waals surface area contributed by atoms with Crippen LogP contribution in [-0.2, 0) is 0 Å². The van der Waals surface area contributed by atoms with Crippen LogP contribution in [0.3, 0.4) is 0 Å². The number of anilines is 1. The summed E-state index contributed by atoms with van der Waals surface area (Å²) in [5.41, 5.74) is 1.07. The summed E-state index contributed by atoms with van der Waals surface area (Å²) in [5, 5.41) is 6.07. The van der Waals surface area contributed by atoms with Gasteiger partial charge in [0.25, 0.3) is 0 Å². The van der Waals surface area contributed by atoms with Gasteiger partial charge in [0.1, 0.15) is 5.69 Å². The van der Waals surface area contributed by atoms with Crippen LogP contribution in [0.1, 0.15) is 0 Å².